The Kier molecular flexibility index (Phi) is 6.09. The first-order valence-electron chi connectivity index (χ1n) is 9.86. The summed E-state index contributed by atoms with van der Waals surface area (Å²) in [6, 6.07) is 7.71. The van der Waals surface area contributed by atoms with Crippen LogP contribution in [0.15, 0.2) is 40.5 Å². The van der Waals surface area contributed by atoms with Crippen LogP contribution in [0.25, 0.3) is 0 Å². The topological polar surface area (TPSA) is 153 Å². The zero-order valence-electron chi connectivity index (χ0n) is 17.1. The highest BCUT2D eigenvalue weighted by atomic mass is 32.2. The molecule has 0 bridgehead atoms. The summed E-state index contributed by atoms with van der Waals surface area (Å²) < 4.78 is 1.43. The Hall–Kier alpha value is -3.85. The highest BCUT2D eigenvalue weighted by Gasteiger charge is 2.23. The Morgan fingerprint density at radius 3 is 2.78 bits per heavy atom. The monoisotopic (exact) mass is 450 g/mol. The van der Waals surface area contributed by atoms with Crippen molar-refractivity contribution < 1.29 is 9.72 Å². The fourth-order valence-electron chi connectivity index (χ4n) is 3.68. The number of nitrogens with one attached hydrogen (secondary N) is 1. The minimum atomic E-state index is -0.587. The Morgan fingerprint density at radius 2 is 2.12 bits per heavy atom. The minimum Gasteiger partial charge on any atom is -0.306 e. The van der Waals surface area contributed by atoms with Gasteiger partial charge in [-0.1, -0.05) is 12.8 Å². The SMILES string of the molecule is Cn1nnnc1Sc1ccc([N+](=O)[O-])cc1C(=O)Nc1cc(C#N)c(C2CCCC2)cn1. The van der Waals surface area contributed by atoms with Crippen LogP contribution in [-0.2, 0) is 7.05 Å². The van der Waals surface area contributed by atoms with Crippen molar-refractivity contribution in [2.75, 3.05) is 5.32 Å². The summed E-state index contributed by atoms with van der Waals surface area (Å²) in [4.78, 5) is 28.5. The third-order valence-corrected chi connectivity index (χ3v) is 6.40. The van der Waals surface area contributed by atoms with Gasteiger partial charge in [-0.05, 0) is 58.6 Å². The van der Waals surface area contributed by atoms with Crippen molar-refractivity contribution in [3.63, 3.8) is 0 Å². The number of aromatic nitrogens is 5. The van der Waals surface area contributed by atoms with Gasteiger partial charge in [-0.2, -0.15) is 5.26 Å². The Bertz CT molecular complexity index is 1230. The number of nitro benzene ring substituents is 1. The number of nitrogens with zero attached hydrogens (tertiary/aromatic N) is 7. The largest absolute Gasteiger partial charge is 0.306 e. The zero-order valence-corrected chi connectivity index (χ0v) is 17.9. The average Bonchev–Trinajstić information content (AvgIpc) is 3.46. The summed E-state index contributed by atoms with van der Waals surface area (Å²) in [5.74, 6) is -0.0749. The van der Waals surface area contributed by atoms with Gasteiger partial charge in [0.1, 0.15) is 5.82 Å². The van der Waals surface area contributed by atoms with Crippen LogP contribution in [0, 0.1) is 21.4 Å². The number of nitriles is 1. The molecular weight excluding hydrogens is 432 g/mol. The second kappa shape index (κ2) is 9.11. The molecule has 1 saturated carbocycles. The van der Waals surface area contributed by atoms with Crippen molar-refractivity contribution in [3.05, 3.63) is 57.3 Å². The van der Waals surface area contributed by atoms with Gasteiger partial charge in [0.2, 0.25) is 5.16 Å². The molecule has 0 saturated heterocycles. The van der Waals surface area contributed by atoms with Crippen molar-refractivity contribution in [2.24, 2.45) is 7.05 Å². The van der Waals surface area contributed by atoms with Crippen LogP contribution in [0.5, 0.6) is 0 Å². The van der Waals surface area contributed by atoms with Crippen molar-refractivity contribution in [1.82, 2.24) is 25.2 Å². The van der Waals surface area contributed by atoms with Gasteiger partial charge in [0.25, 0.3) is 11.6 Å². The van der Waals surface area contributed by atoms with Crippen LogP contribution >= 0.6 is 11.8 Å². The van der Waals surface area contributed by atoms with E-state index in [0.29, 0.717) is 21.5 Å². The molecular formula is C20H18N8O3S. The molecule has 0 spiro atoms. The lowest BCUT2D eigenvalue weighted by Gasteiger charge is -2.13. The predicted molar refractivity (Wildman–Crippen MR) is 114 cm³/mol. The molecule has 11 nitrogen and oxygen atoms in total. The number of tetrazole rings is 1. The van der Waals surface area contributed by atoms with Gasteiger partial charge in [-0.15, -0.1) is 5.10 Å². The summed E-state index contributed by atoms with van der Waals surface area (Å²) in [7, 11) is 1.65. The van der Waals surface area contributed by atoms with Crippen molar-refractivity contribution in [3.8, 4) is 6.07 Å². The van der Waals surface area contributed by atoms with E-state index in [1.54, 1.807) is 19.3 Å². The van der Waals surface area contributed by atoms with Gasteiger partial charge in [0, 0.05) is 30.3 Å². The van der Waals surface area contributed by atoms with Gasteiger partial charge in [-0.25, -0.2) is 9.67 Å². The first-order chi connectivity index (χ1) is 15.5. The highest BCUT2D eigenvalue weighted by Crippen LogP contribution is 2.36. The van der Waals surface area contributed by atoms with Crippen LogP contribution < -0.4 is 5.32 Å². The van der Waals surface area contributed by atoms with Crippen molar-refractivity contribution in [2.45, 2.75) is 41.7 Å². The molecule has 2 heterocycles. The normalized spacial score (nSPS) is 13.6. The molecule has 0 aliphatic heterocycles. The number of nitro groups is 1. The maximum Gasteiger partial charge on any atom is 0.270 e. The van der Waals surface area contributed by atoms with E-state index < -0.39 is 10.8 Å². The first-order valence-corrected chi connectivity index (χ1v) is 10.7. The van der Waals surface area contributed by atoms with E-state index in [2.05, 4.69) is 31.9 Å². The summed E-state index contributed by atoms with van der Waals surface area (Å²) >= 11 is 1.10. The Balaban J connectivity index is 1.63. The van der Waals surface area contributed by atoms with Crippen molar-refractivity contribution >= 4 is 29.2 Å². The van der Waals surface area contributed by atoms with Crippen LogP contribution in [0.3, 0.4) is 0 Å². The van der Waals surface area contributed by atoms with Gasteiger partial charge in [0.05, 0.1) is 22.1 Å². The number of amides is 1. The Morgan fingerprint density at radius 1 is 1.34 bits per heavy atom. The second-order valence-corrected chi connectivity index (χ2v) is 8.34. The molecule has 1 aromatic carbocycles. The quantitative estimate of drug-likeness (QED) is 0.439. The predicted octanol–water partition coefficient (Wildman–Crippen LogP) is 3.45. The number of hydrogen-bond donors (Lipinski definition) is 1. The van der Waals surface area contributed by atoms with E-state index in [0.717, 1.165) is 43.0 Å². The molecule has 2 aromatic heterocycles. The number of anilines is 1. The van der Waals surface area contributed by atoms with Gasteiger partial charge >= 0.3 is 0 Å². The molecule has 1 fully saturated rings. The minimum absolute atomic E-state index is 0.0763. The number of benzene rings is 1. The van der Waals surface area contributed by atoms with Gasteiger partial charge < -0.3 is 5.32 Å². The zero-order chi connectivity index (χ0) is 22.7. The fraction of sp³-hybridized carbons (Fsp3) is 0.300. The molecule has 1 amide bonds. The van der Waals surface area contributed by atoms with E-state index in [4.69, 9.17) is 0 Å². The smallest absolute Gasteiger partial charge is 0.270 e. The second-order valence-electron chi connectivity index (χ2n) is 7.33. The summed E-state index contributed by atoms with van der Waals surface area (Å²) in [6.45, 7) is 0. The number of non-ortho nitro benzene ring substituents is 1. The average molecular weight is 450 g/mol. The standard InChI is InChI=1S/C20H18N8O3S/c1-27-20(24-25-26-27)32-17-7-6-14(28(30)31)9-15(17)19(29)23-18-8-13(10-21)16(11-22-18)12-4-2-3-5-12/h6-9,11-12H,2-5H2,1H3,(H,22,23,29). The molecule has 4 rings (SSSR count). The van der Waals surface area contributed by atoms with Crippen LogP contribution in [0.2, 0.25) is 0 Å². The number of hydrogen-bond acceptors (Lipinski definition) is 9. The number of aryl methyl sites for hydroxylation is 1. The molecule has 162 valence electrons. The Labute approximate surface area is 187 Å². The third-order valence-electron chi connectivity index (χ3n) is 5.29. The molecule has 3 aromatic rings. The van der Waals surface area contributed by atoms with E-state index >= 15 is 0 Å². The maximum absolute atomic E-state index is 13.0. The molecule has 1 N–H and O–H groups in total. The molecule has 0 unspecified atom stereocenters. The first kappa shape index (κ1) is 21.4. The van der Waals surface area contributed by atoms with Gasteiger partial charge in [0.15, 0.2) is 0 Å². The summed E-state index contributed by atoms with van der Waals surface area (Å²) in [5, 5.41) is 35.1. The molecule has 1 aliphatic carbocycles. The van der Waals surface area contributed by atoms with Crippen LogP contribution in [-0.4, -0.2) is 36.0 Å². The maximum atomic E-state index is 13.0. The molecule has 0 atom stereocenters. The number of carbonyl (C=O) groups is 1. The number of carbonyl (C=O) groups excluding carboxylic acids is 1. The molecule has 1 aliphatic rings. The lowest BCUT2D eigenvalue weighted by molar-refractivity contribution is -0.384. The van der Waals surface area contributed by atoms with E-state index in [1.165, 1.54) is 22.9 Å². The molecule has 0 radical (unpaired) electrons. The number of pyridine rings is 1. The lowest BCUT2D eigenvalue weighted by Crippen LogP contribution is -2.15. The van der Waals surface area contributed by atoms with Gasteiger partial charge in [-0.3, -0.25) is 14.9 Å². The van der Waals surface area contributed by atoms with Crippen molar-refractivity contribution in [1.29, 1.82) is 5.26 Å². The summed E-state index contributed by atoms with van der Waals surface area (Å²) in [5.41, 5.74) is 1.22. The van der Waals surface area contributed by atoms with Crippen LogP contribution in [0.1, 0.15) is 53.1 Å². The lowest BCUT2D eigenvalue weighted by atomic mass is 9.95. The fourth-order valence-corrected chi connectivity index (χ4v) is 4.52. The van der Waals surface area contributed by atoms with E-state index in [-0.39, 0.29) is 17.1 Å². The number of rotatable bonds is 6. The summed E-state index contributed by atoms with van der Waals surface area (Å²) in [6.07, 6.45) is 5.93. The third kappa shape index (κ3) is 4.42. The van der Waals surface area contributed by atoms with Crippen LogP contribution in [0.4, 0.5) is 11.5 Å². The molecule has 32 heavy (non-hydrogen) atoms. The van der Waals surface area contributed by atoms with E-state index in [9.17, 15) is 20.2 Å². The van der Waals surface area contributed by atoms with E-state index in [1.807, 2.05) is 0 Å². The molecule has 12 heteroatoms. The highest BCUT2D eigenvalue weighted by molar-refractivity contribution is 7.99.